The lowest BCUT2D eigenvalue weighted by atomic mass is 10.1. The summed E-state index contributed by atoms with van der Waals surface area (Å²) in [6, 6.07) is 7.78. The first-order valence-electron chi connectivity index (χ1n) is 8.66. The van der Waals surface area contributed by atoms with Crippen LogP contribution in [0.4, 0.5) is 0 Å². The summed E-state index contributed by atoms with van der Waals surface area (Å²) in [6.45, 7) is 2.24. The highest BCUT2D eigenvalue weighted by Crippen LogP contribution is 2.26. The van der Waals surface area contributed by atoms with Gasteiger partial charge in [0.2, 0.25) is 10.0 Å². The fourth-order valence-corrected chi connectivity index (χ4v) is 4.00. The van der Waals surface area contributed by atoms with Crippen LogP contribution >= 0.6 is 0 Å². The highest BCUT2D eigenvalue weighted by atomic mass is 32.2. The lowest BCUT2D eigenvalue weighted by Gasteiger charge is -2.26. The van der Waals surface area contributed by atoms with Gasteiger partial charge in [0.15, 0.2) is 0 Å². The number of furan rings is 1. The fraction of sp³-hybridized carbons (Fsp3) is 0.389. The van der Waals surface area contributed by atoms with Gasteiger partial charge in [-0.05, 0) is 56.3 Å². The van der Waals surface area contributed by atoms with Crippen LogP contribution in [0.2, 0.25) is 0 Å². The Hall–Kier alpha value is -2.36. The van der Waals surface area contributed by atoms with E-state index in [0.29, 0.717) is 6.54 Å². The molecule has 2 heterocycles. The number of hydrogen-bond acceptors (Lipinski definition) is 6. The maximum absolute atomic E-state index is 12.6. The Morgan fingerprint density at radius 2 is 2.07 bits per heavy atom. The molecule has 1 aromatic carbocycles. The summed E-state index contributed by atoms with van der Waals surface area (Å²) < 4.78 is 34.0. The third-order valence-corrected chi connectivity index (χ3v) is 5.57. The molecule has 27 heavy (non-hydrogen) atoms. The molecule has 9 heteroatoms. The summed E-state index contributed by atoms with van der Waals surface area (Å²) in [7, 11) is -2.67. The van der Waals surface area contributed by atoms with Crippen LogP contribution in [0.1, 0.15) is 35.0 Å². The van der Waals surface area contributed by atoms with Crippen molar-refractivity contribution in [1.29, 1.82) is 0 Å². The molecule has 1 saturated heterocycles. The number of nitrogens with two attached hydrogens (primary N) is 1. The van der Waals surface area contributed by atoms with E-state index in [1.165, 1.54) is 25.3 Å². The summed E-state index contributed by atoms with van der Waals surface area (Å²) in [4.78, 5) is 14.6. The van der Waals surface area contributed by atoms with E-state index >= 15 is 0 Å². The molecule has 1 amide bonds. The van der Waals surface area contributed by atoms with E-state index in [-0.39, 0.29) is 22.3 Å². The number of primary sulfonamides is 1. The fourth-order valence-electron chi connectivity index (χ4n) is 3.28. The summed E-state index contributed by atoms with van der Waals surface area (Å²) in [5.74, 6) is 0.495. The number of ether oxygens (including phenoxy) is 1. The van der Waals surface area contributed by atoms with Gasteiger partial charge in [0.1, 0.15) is 16.4 Å². The topological polar surface area (TPSA) is 115 Å². The van der Waals surface area contributed by atoms with E-state index in [4.69, 9.17) is 14.3 Å². The van der Waals surface area contributed by atoms with E-state index < -0.39 is 15.9 Å². The van der Waals surface area contributed by atoms with Gasteiger partial charge in [-0.3, -0.25) is 9.69 Å². The van der Waals surface area contributed by atoms with Crippen LogP contribution in [-0.2, 0) is 10.0 Å². The second kappa shape index (κ2) is 8.12. The molecule has 1 aliphatic heterocycles. The smallest absolute Gasteiger partial charge is 0.251 e. The molecule has 1 aliphatic rings. The molecule has 1 aromatic heterocycles. The van der Waals surface area contributed by atoms with Gasteiger partial charge >= 0.3 is 0 Å². The van der Waals surface area contributed by atoms with Crippen molar-refractivity contribution >= 4 is 15.9 Å². The molecule has 3 N–H and O–H groups in total. The van der Waals surface area contributed by atoms with Crippen LogP contribution < -0.4 is 15.2 Å². The van der Waals surface area contributed by atoms with Crippen molar-refractivity contribution in [1.82, 2.24) is 10.2 Å². The molecular formula is C18H23N3O5S. The third kappa shape index (κ3) is 4.49. The van der Waals surface area contributed by atoms with Gasteiger partial charge in [-0.2, -0.15) is 0 Å². The van der Waals surface area contributed by atoms with Gasteiger partial charge in [0, 0.05) is 12.1 Å². The van der Waals surface area contributed by atoms with Gasteiger partial charge in [0.25, 0.3) is 5.91 Å². The highest BCUT2D eigenvalue weighted by molar-refractivity contribution is 7.89. The van der Waals surface area contributed by atoms with Gasteiger partial charge in [-0.15, -0.1) is 0 Å². The molecule has 0 unspecified atom stereocenters. The largest absolute Gasteiger partial charge is 0.495 e. The van der Waals surface area contributed by atoms with E-state index in [9.17, 15) is 13.2 Å². The third-order valence-electron chi connectivity index (χ3n) is 4.64. The lowest BCUT2D eigenvalue weighted by Crippen LogP contribution is -2.36. The van der Waals surface area contributed by atoms with Crippen LogP contribution in [0.5, 0.6) is 5.75 Å². The van der Waals surface area contributed by atoms with Gasteiger partial charge in [-0.25, -0.2) is 13.6 Å². The number of sulfonamides is 1. The van der Waals surface area contributed by atoms with Gasteiger partial charge < -0.3 is 14.5 Å². The van der Waals surface area contributed by atoms with Crippen LogP contribution in [0, 0.1) is 0 Å². The molecule has 2 aromatic rings. The molecule has 0 bridgehead atoms. The minimum absolute atomic E-state index is 0.0672. The molecule has 8 nitrogen and oxygen atoms in total. The zero-order valence-corrected chi connectivity index (χ0v) is 15.9. The lowest BCUT2D eigenvalue weighted by molar-refractivity contribution is 0.0933. The van der Waals surface area contributed by atoms with Crippen LogP contribution in [0.15, 0.2) is 45.9 Å². The zero-order chi connectivity index (χ0) is 19.4. The van der Waals surface area contributed by atoms with Crippen molar-refractivity contribution in [2.24, 2.45) is 5.14 Å². The van der Waals surface area contributed by atoms with Crippen molar-refractivity contribution in [2.75, 3.05) is 26.7 Å². The summed E-state index contributed by atoms with van der Waals surface area (Å²) in [5.41, 5.74) is 0.194. The number of carbonyl (C=O) groups is 1. The summed E-state index contributed by atoms with van der Waals surface area (Å²) in [5, 5.41) is 8.08. The summed E-state index contributed by atoms with van der Waals surface area (Å²) in [6.07, 6.45) is 3.84. The van der Waals surface area contributed by atoms with E-state index in [1.54, 1.807) is 6.26 Å². The maximum Gasteiger partial charge on any atom is 0.251 e. The summed E-state index contributed by atoms with van der Waals surface area (Å²) >= 11 is 0. The SMILES string of the molecule is COc1ccc(C(=O)NC[C@H](c2ccco2)N2CCCC2)cc1S(N)(=O)=O. The minimum atomic E-state index is -4.01. The Morgan fingerprint density at radius 1 is 1.33 bits per heavy atom. The average molecular weight is 393 g/mol. The number of methoxy groups -OCH3 is 1. The normalized spacial score (nSPS) is 16.2. The Labute approximate surface area is 158 Å². The van der Waals surface area contributed by atoms with Crippen molar-refractivity contribution in [2.45, 2.75) is 23.8 Å². The average Bonchev–Trinajstić information content (AvgIpc) is 3.35. The first-order chi connectivity index (χ1) is 12.9. The molecule has 3 rings (SSSR count). The predicted octanol–water partition coefficient (Wildman–Crippen LogP) is 1.50. The molecule has 0 radical (unpaired) electrons. The molecule has 0 spiro atoms. The first-order valence-corrected chi connectivity index (χ1v) is 10.2. The predicted molar refractivity (Wildman–Crippen MR) is 99.0 cm³/mol. The van der Waals surface area contributed by atoms with E-state index in [0.717, 1.165) is 31.7 Å². The Kier molecular flexibility index (Phi) is 5.83. The van der Waals surface area contributed by atoms with E-state index in [2.05, 4.69) is 10.2 Å². The molecule has 146 valence electrons. The number of carbonyl (C=O) groups excluding carboxylic acids is 1. The van der Waals surface area contributed by atoms with Crippen molar-refractivity contribution in [3.05, 3.63) is 47.9 Å². The van der Waals surface area contributed by atoms with Gasteiger partial charge in [0.05, 0.1) is 19.4 Å². The number of nitrogens with zero attached hydrogens (tertiary/aromatic N) is 1. The second-order valence-electron chi connectivity index (χ2n) is 6.39. The Morgan fingerprint density at radius 3 is 2.67 bits per heavy atom. The number of likely N-dealkylation sites (tertiary alicyclic amines) is 1. The number of hydrogen-bond donors (Lipinski definition) is 2. The van der Waals surface area contributed by atoms with Crippen LogP contribution in [0.3, 0.4) is 0 Å². The Bertz CT molecular complexity index is 890. The van der Waals surface area contributed by atoms with Crippen molar-refractivity contribution < 1.29 is 22.4 Å². The second-order valence-corrected chi connectivity index (χ2v) is 7.92. The number of amides is 1. The van der Waals surface area contributed by atoms with Crippen molar-refractivity contribution in [3.63, 3.8) is 0 Å². The van der Waals surface area contributed by atoms with E-state index in [1.807, 2.05) is 12.1 Å². The van der Waals surface area contributed by atoms with Gasteiger partial charge in [-0.1, -0.05) is 0 Å². The van der Waals surface area contributed by atoms with Crippen molar-refractivity contribution in [3.8, 4) is 5.75 Å². The highest BCUT2D eigenvalue weighted by Gasteiger charge is 2.26. The number of nitrogens with one attached hydrogen (secondary N) is 1. The molecule has 0 aliphatic carbocycles. The van der Waals surface area contributed by atoms with Crippen LogP contribution in [0.25, 0.3) is 0 Å². The molecular weight excluding hydrogens is 370 g/mol. The Balaban J connectivity index is 1.76. The molecule has 1 fully saturated rings. The number of rotatable bonds is 7. The minimum Gasteiger partial charge on any atom is -0.495 e. The quantitative estimate of drug-likeness (QED) is 0.737. The number of benzene rings is 1. The van der Waals surface area contributed by atoms with Crippen LogP contribution in [-0.4, -0.2) is 46.0 Å². The molecule has 0 saturated carbocycles. The standard InChI is InChI=1S/C18H23N3O5S/c1-25-16-7-6-13(11-17(16)27(19,23)24)18(22)20-12-14(15-5-4-10-26-15)21-8-2-3-9-21/h4-7,10-11,14H,2-3,8-9,12H2,1H3,(H,20,22)(H2,19,23,24)/t14-/m1/s1. The zero-order valence-electron chi connectivity index (χ0n) is 15.1. The first kappa shape index (κ1) is 19.4. The molecule has 1 atom stereocenters. The maximum atomic E-state index is 12.6. The monoisotopic (exact) mass is 393 g/mol.